The number of aryl methyl sites for hydroxylation is 2. The van der Waals surface area contributed by atoms with E-state index in [1.165, 1.54) is 0 Å². The van der Waals surface area contributed by atoms with Crippen molar-refractivity contribution in [1.82, 2.24) is 4.98 Å². The summed E-state index contributed by atoms with van der Waals surface area (Å²) in [7, 11) is 0. The number of phenols is 1. The fraction of sp³-hybridized carbons (Fsp3) is 0.154. The Hall–Kier alpha value is -2.23. The number of phenolic OH excluding ortho intramolecular Hbond substituents is 1. The van der Waals surface area contributed by atoms with Gasteiger partial charge in [-0.25, -0.2) is 4.98 Å². The second kappa shape index (κ2) is 3.97. The maximum Gasteiger partial charge on any atom is 0.147 e. The Morgan fingerprint density at radius 3 is 2.47 bits per heavy atom. The van der Waals surface area contributed by atoms with Gasteiger partial charge in [0.05, 0.1) is 11.4 Å². The highest BCUT2D eigenvalue weighted by molar-refractivity contribution is 5.74. The molecule has 0 aliphatic rings. The summed E-state index contributed by atoms with van der Waals surface area (Å²) < 4.78 is 0. The first-order chi connectivity index (χ1) is 7.99. The zero-order valence-corrected chi connectivity index (χ0v) is 9.86. The quantitative estimate of drug-likeness (QED) is 0.700. The molecule has 1 aromatic carbocycles. The van der Waals surface area contributed by atoms with E-state index in [1.807, 2.05) is 26.0 Å². The van der Waals surface area contributed by atoms with Gasteiger partial charge in [0.1, 0.15) is 11.6 Å². The predicted molar refractivity (Wildman–Crippen MR) is 69.6 cm³/mol. The molecular formula is C13H15N3O. The number of aromatic nitrogens is 1. The normalized spacial score (nSPS) is 10.5. The van der Waals surface area contributed by atoms with Crippen LogP contribution in [-0.4, -0.2) is 10.1 Å². The lowest BCUT2D eigenvalue weighted by molar-refractivity contribution is 0.476. The van der Waals surface area contributed by atoms with E-state index >= 15 is 0 Å². The number of nitrogens with two attached hydrogens (primary N) is 2. The summed E-state index contributed by atoms with van der Waals surface area (Å²) in [6, 6.07) is 7.21. The molecular weight excluding hydrogens is 214 g/mol. The van der Waals surface area contributed by atoms with Gasteiger partial charge in [-0.3, -0.25) is 0 Å². The number of hydrogen-bond donors (Lipinski definition) is 3. The molecule has 1 aromatic heterocycles. The van der Waals surface area contributed by atoms with Crippen molar-refractivity contribution in [3.63, 3.8) is 0 Å². The van der Waals surface area contributed by atoms with Crippen LogP contribution in [0.1, 0.15) is 11.1 Å². The smallest absolute Gasteiger partial charge is 0.147 e. The molecule has 0 aliphatic carbocycles. The number of pyridine rings is 1. The largest absolute Gasteiger partial charge is 0.507 e. The summed E-state index contributed by atoms with van der Waals surface area (Å²) in [5.41, 5.74) is 15.0. The molecule has 0 unspecified atom stereocenters. The van der Waals surface area contributed by atoms with E-state index in [0.717, 1.165) is 11.1 Å². The predicted octanol–water partition coefficient (Wildman–Crippen LogP) is 2.24. The molecule has 2 rings (SSSR count). The molecule has 1 heterocycles. The van der Waals surface area contributed by atoms with E-state index in [2.05, 4.69) is 4.98 Å². The fourth-order valence-corrected chi connectivity index (χ4v) is 1.76. The number of hydrogen-bond acceptors (Lipinski definition) is 4. The van der Waals surface area contributed by atoms with Crippen molar-refractivity contribution in [1.29, 1.82) is 0 Å². The molecule has 17 heavy (non-hydrogen) atoms. The van der Waals surface area contributed by atoms with E-state index in [0.29, 0.717) is 16.9 Å². The van der Waals surface area contributed by atoms with Gasteiger partial charge in [-0.1, -0.05) is 6.07 Å². The SMILES string of the molecule is Cc1ccc(-c2nc(N)c(N)cc2C)c(O)c1. The van der Waals surface area contributed by atoms with Crippen molar-refractivity contribution >= 4 is 11.5 Å². The molecule has 5 N–H and O–H groups in total. The molecule has 0 atom stereocenters. The van der Waals surface area contributed by atoms with Crippen LogP contribution in [0.25, 0.3) is 11.3 Å². The van der Waals surface area contributed by atoms with E-state index in [-0.39, 0.29) is 11.6 Å². The molecule has 4 nitrogen and oxygen atoms in total. The third kappa shape index (κ3) is 2.01. The van der Waals surface area contributed by atoms with Crippen molar-refractivity contribution in [2.24, 2.45) is 0 Å². The summed E-state index contributed by atoms with van der Waals surface area (Å²) in [6.07, 6.45) is 0. The summed E-state index contributed by atoms with van der Waals surface area (Å²) in [5.74, 6) is 0.482. The summed E-state index contributed by atoms with van der Waals surface area (Å²) in [5, 5.41) is 9.92. The minimum atomic E-state index is 0.199. The molecule has 4 heteroatoms. The van der Waals surface area contributed by atoms with Gasteiger partial charge in [-0.2, -0.15) is 0 Å². The van der Waals surface area contributed by atoms with E-state index in [4.69, 9.17) is 11.5 Å². The molecule has 0 fully saturated rings. The van der Waals surface area contributed by atoms with Gasteiger partial charge >= 0.3 is 0 Å². The van der Waals surface area contributed by atoms with Gasteiger partial charge < -0.3 is 16.6 Å². The van der Waals surface area contributed by atoms with Crippen LogP contribution in [0.4, 0.5) is 11.5 Å². The number of rotatable bonds is 1. The number of nitrogens with zero attached hydrogens (tertiary/aromatic N) is 1. The third-order valence-corrected chi connectivity index (χ3v) is 2.68. The molecule has 2 aromatic rings. The van der Waals surface area contributed by atoms with Crippen molar-refractivity contribution in [2.75, 3.05) is 11.5 Å². The zero-order valence-electron chi connectivity index (χ0n) is 9.86. The molecule has 0 saturated carbocycles. The van der Waals surface area contributed by atoms with E-state index < -0.39 is 0 Å². The second-order valence-electron chi connectivity index (χ2n) is 4.15. The molecule has 0 saturated heterocycles. The summed E-state index contributed by atoms with van der Waals surface area (Å²) >= 11 is 0. The lowest BCUT2D eigenvalue weighted by atomic mass is 10.0. The first kappa shape index (κ1) is 11.3. The highest BCUT2D eigenvalue weighted by atomic mass is 16.3. The standard InChI is InChI=1S/C13H15N3O/c1-7-3-4-9(11(17)5-7)12-8(2)6-10(14)13(15)16-12/h3-6,17H,14H2,1-2H3,(H2,15,16). The van der Waals surface area contributed by atoms with Crippen LogP contribution < -0.4 is 11.5 Å². The van der Waals surface area contributed by atoms with Gasteiger partial charge in [0.15, 0.2) is 0 Å². The number of benzene rings is 1. The van der Waals surface area contributed by atoms with Crippen LogP contribution in [-0.2, 0) is 0 Å². The minimum absolute atomic E-state index is 0.199. The molecule has 0 spiro atoms. The van der Waals surface area contributed by atoms with Crippen LogP contribution in [0.15, 0.2) is 24.3 Å². The Balaban J connectivity index is 2.64. The molecule has 0 amide bonds. The first-order valence-electron chi connectivity index (χ1n) is 5.31. The molecule has 0 bridgehead atoms. The van der Waals surface area contributed by atoms with Crippen LogP contribution in [0.2, 0.25) is 0 Å². The van der Waals surface area contributed by atoms with Gasteiger partial charge in [0.25, 0.3) is 0 Å². The molecule has 0 radical (unpaired) electrons. The highest BCUT2D eigenvalue weighted by Gasteiger charge is 2.11. The van der Waals surface area contributed by atoms with Crippen molar-refractivity contribution in [2.45, 2.75) is 13.8 Å². The van der Waals surface area contributed by atoms with Crippen LogP contribution >= 0.6 is 0 Å². The van der Waals surface area contributed by atoms with Crippen molar-refractivity contribution in [3.8, 4) is 17.0 Å². The van der Waals surface area contributed by atoms with Crippen LogP contribution in [0, 0.1) is 13.8 Å². The minimum Gasteiger partial charge on any atom is -0.507 e. The Bertz CT molecular complexity index is 579. The summed E-state index contributed by atoms with van der Waals surface area (Å²) in [6.45, 7) is 3.80. The monoisotopic (exact) mass is 229 g/mol. The third-order valence-electron chi connectivity index (χ3n) is 2.68. The molecule has 88 valence electrons. The Morgan fingerprint density at radius 2 is 1.82 bits per heavy atom. The van der Waals surface area contributed by atoms with Crippen molar-refractivity contribution in [3.05, 3.63) is 35.4 Å². The average molecular weight is 229 g/mol. The fourth-order valence-electron chi connectivity index (χ4n) is 1.76. The number of aromatic hydroxyl groups is 1. The second-order valence-corrected chi connectivity index (χ2v) is 4.15. The lowest BCUT2D eigenvalue weighted by Crippen LogP contribution is -2.01. The molecule has 0 aliphatic heterocycles. The van der Waals surface area contributed by atoms with Crippen molar-refractivity contribution < 1.29 is 5.11 Å². The van der Waals surface area contributed by atoms with E-state index in [1.54, 1.807) is 12.1 Å². The zero-order chi connectivity index (χ0) is 12.6. The topological polar surface area (TPSA) is 85.2 Å². The van der Waals surface area contributed by atoms with Crippen LogP contribution in [0.5, 0.6) is 5.75 Å². The van der Waals surface area contributed by atoms with Gasteiger partial charge in [0, 0.05) is 5.56 Å². The van der Waals surface area contributed by atoms with Gasteiger partial charge in [-0.15, -0.1) is 0 Å². The number of anilines is 2. The maximum atomic E-state index is 9.92. The average Bonchev–Trinajstić information content (AvgIpc) is 2.24. The van der Waals surface area contributed by atoms with Gasteiger partial charge in [-0.05, 0) is 43.2 Å². The Kier molecular flexibility index (Phi) is 2.63. The van der Waals surface area contributed by atoms with Gasteiger partial charge in [0.2, 0.25) is 0 Å². The first-order valence-corrected chi connectivity index (χ1v) is 5.31. The Labute approximate surface area is 99.9 Å². The lowest BCUT2D eigenvalue weighted by Gasteiger charge is -2.10. The van der Waals surface area contributed by atoms with Crippen LogP contribution in [0.3, 0.4) is 0 Å². The number of nitrogen functional groups attached to an aromatic ring is 2. The summed E-state index contributed by atoms with van der Waals surface area (Å²) in [4.78, 5) is 4.23. The highest BCUT2D eigenvalue weighted by Crippen LogP contribution is 2.32. The Morgan fingerprint density at radius 1 is 1.12 bits per heavy atom. The maximum absolute atomic E-state index is 9.92. The van der Waals surface area contributed by atoms with E-state index in [9.17, 15) is 5.11 Å².